The average Bonchev–Trinajstić information content (AvgIpc) is 2.88. The molecule has 0 aromatic carbocycles. The zero-order chi connectivity index (χ0) is 13.4. The Labute approximate surface area is 108 Å². The van der Waals surface area contributed by atoms with E-state index in [1.54, 1.807) is 6.20 Å². The fourth-order valence-corrected chi connectivity index (χ4v) is 1.77. The lowest BCUT2D eigenvalue weighted by atomic mass is 10.00. The molecule has 5 nitrogen and oxygen atoms in total. The van der Waals surface area contributed by atoms with Crippen molar-refractivity contribution in [3.63, 3.8) is 0 Å². The second-order valence-electron chi connectivity index (χ2n) is 4.61. The van der Waals surface area contributed by atoms with Gasteiger partial charge in [0.2, 0.25) is 5.91 Å². The number of amides is 1. The van der Waals surface area contributed by atoms with E-state index in [9.17, 15) is 9.90 Å². The molecule has 0 aliphatic rings. The molecule has 0 unspecified atom stereocenters. The highest BCUT2D eigenvalue weighted by molar-refractivity contribution is 5.76. The van der Waals surface area contributed by atoms with Crippen LogP contribution >= 0.6 is 0 Å². The van der Waals surface area contributed by atoms with Gasteiger partial charge in [0.1, 0.15) is 0 Å². The standard InChI is InChI=1S/C13H23N3O2/c1-3-11(2)12(10-17)15-13(18)6-4-8-16-9-5-7-14-16/h5,7,9,11-12,17H,3-4,6,8,10H2,1-2H3,(H,15,18)/t11-,12-/m0/s1. The van der Waals surface area contributed by atoms with Crippen molar-refractivity contribution in [3.05, 3.63) is 18.5 Å². The maximum Gasteiger partial charge on any atom is 0.220 e. The summed E-state index contributed by atoms with van der Waals surface area (Å²) >= 11 is 0. The number of hydrogen-bond acceptors (Lipinski definition) is 3. The van der Waals surface area contributed by atoms with Crippen LogP contribution in [0.2, 0.25) is 0 Å². The van der Waals surface area contributed by atoms with Gasteiger partial charge in [-0.1, -0.05) is 20.3 Å². The summed E-state index contributed by atoms with van der Waals surface area (Å²) in [6.07, 6.45) is 5.77. The van der Waals surface area contributed by atoms with E-state index in [0.717, 1.165) is 19.4 Å². The molecule has 0 fully saturated rings. The number of nitrogens with one attached hydrogen (secondary N) is 1. The summed E-state index contributed by atoms with van der Waals surface area (Å²) in [6, 6.07) is 1.73. The Balaban J connectivity index is 2.23. The van der Waals surface area contributed by atoms with Gasteiger partial charge in [0.15, 0.2) is 0 Å². The van der Waals surface area contributed by atoms with Gasteiger partial charge in [-0.05, 0) is 18.4 Å². The fraction of sp³-hybridized carbons (Fsp3) is 0.692. The highest BCUT2D eigenvalue weighted by Crippen LogP contribution is 2.07. The summed E-state index contributed by atoms with van der Waals surface area (Å²) < 4.78 is 1.81. The second-order valence-corrected chi connectivity index (χ2v) is 4.61. The summed E-state index contributed by atoms with van der Waals surface area (Å²) in [4.78, 5) is 11.7. The fourth-order valence-electron chi connectivity index (χ4n) is 1.77. The summed E-state index contributed by atoms with van der Waals surface area (Å²) in [5.41, 5.74) is 0. The number of rotatable bonds is 8. The van der Waals surface area contributed by atoms with Crippen LogP contribution in [0.1, 0.15) is 33.1 Å². The van der Waals surface area contributed by atoms with Crippen LogP contribution in [-0.4, -0.2) is 33.4 Å². The molecule has 0 saturated carbocycles. The Morgan fingerprint density at radius 1 is 1.56 bits per heavy atom. The summed E-state index contributed by atoms with van der Waals surface area (Å²) in [5.74, 6) is 0.298. The van der Waals surface area contributed by atoms with Crippen molar-refractivity contribution in [1.29, 1.82) is 0 Å². The second kappa shape index (κ2) is 7.87. The lowest BCUT2D eigenvalue weighted by Gasteiger charge is -2.22. The average molecular weight is 253 g/mol. The van der Waals surface area contributed by atoms with Gasteiger partial charge in [-0.25, -0.2) is 0 Å². The number of carbonyl (C=O) groups is 1. The molecule has 18 heavy (non-hydrogen) atoms. The Morgan fingerprint density at radius 2 is 2.33 bits per heavy atom. The van der Waals surface area contributed by atoms with E-state index in [1.165, 1.54) is 0 Å². The van der Waals surface area contributed by atoms with Gasteiger partial charge >= 0.3 is 0 Å². The van der Waals surface area contributed by atoms with Crippen molar-refractivity contribution in [1.82, 2.24) is 15.1 Å². The van der Waals surface area contributed by atoms with Gasteiger partial charge in [0.05, 0.1) is 12.6 Å². The van der Waals surface area contributed by atoms with Crippen molar-refractivity contribution in [2.24, 2.45) is 5.92 Å². The van der Waals surface area contributed by atoms with Gasteiger partial charge in [0.25, 0.3) is 0 Å². The van der Waals surface area contributed by atoms with Crippen molar-refractivity contribution in [2.45, 2.75) is 45.7 Å². The molecule has 0 spiro atoms. The molecular weight excluding hydrogens is 230 g/mol. The lowest BCUT2D eigenvalue weighted by molar-refractivity contribution is -0.122. The maximum absolute atomic E-state index is 11.7. The summed E-state index contributed by atoms with van der Waals surface area (Å²) in [7, 11) is 0. The SMILES string of the molecule is CC[C@H](C)[C@H](CO)NC(=O)CCCn1cccn1. The Kier molecular flexibility index (Phi) is 6.43. The number of hydrogen-bond donors (Lipinski definition) is 2. The number of aliphatic hydroxyl groups is 1. The van der Waals surface area contributed by atoms with Crippen molar-refractivity contribution in [2.75, 3.05) is 6.61 Å². The van der Waals surface area contributed by atoms with E-state index in [1.807, 2.05) is 23.9 Å². The third-order valence-electron chi connectivity index (χ3n) is 3.22. The van der Waals surface area contributed by atoms with E-state index in [4.69, 9.17) is 0 Å². The van der Waals surface area contributed by atoms with Gasteiger partial charge < -0.3 is 10.4 Å². The molecule has 0 bridgehead atoms. The third kappa shape index (κ3) is 4.87. The predicted molar refractivity (Wildman–Crippen MR) is 69.9 cm³/mol. The Hall–Kier alpha value is -1.36. The van der Waals surface area contributed by atoms with E-state index in [2.05, 4.69) is 17.3 Å². The van der Waals surface area contributed by atoms with Crippen LogP contribution in [-0.2, 0) is 11.3 Å². The normalized spacial score (nSPS) is 14.2. The van der Waals surface area contributed by atoms with Crippen LogP contribution in [0.5, 0.6) is 0 Å². The third-order valence-corrected chi connectivity index (χ3v) is 3.22. The Bertz CT molecular complexity index is 338. The minimum atomic E-state index is -0.132. The minimum absolute atomic E-state index is 0.0000965. The van der Waals surface area contributed by atoms with Crippen LogP contribution in [0.3, 0.4) is 0 Å². The molecule has 0 saturated heterocycles. The van der Waals surface area contributed by atoms with Gasteiger partial charge in [0, 0.05) is 25.4 Å². The first kappa shape index (κ1) is 14.7. The quantitative estimate of drug-likeness (QED) is 0.731. The molecule has 0 radical (unpaired) electrons. The molecule has 1 aromatic rings. The largest absolute Gasteiger partial charge is 0.394 e. The van der Waals surface area contributed by atoms with Crippen LogP contribution in [0.15, 0.2) is 18.5 Å². The van der Waals surface area contributed by atoms with Gasteiger partial charge in [-0.3, -0.25) is 9.48 Å². The predicted octanol–water partition coefficient (Wildman–Crippen LogP) is 1.19. The minimum Gasteiger partial charge on any atom is -0.394 e. The van der Waals surface area contributed by atoms with E-state index in [-0.39, 0.29) is 18.6 Å². The van der Waals surface area contributed by atoms with Crippen LogP contribution in [0, 0.1) is 5.92 Å². The first-order chi connectivity index (χ1) is 8.67. The number of aromatic nitrogens is 2. The van der Waals surface area contributed by atoms with Gasteiger partial charge in [-0.2, -0.15) is 5.10 Å². The molecular formula is C13H23N3O2. The van der Waals surface area contributed by atoms with Crippen molar-refractivity contribution < 1.29 is 9.90 Å². The first-order valence-electron chi connectivity index (χ1n) is 6.55. The topological polar surface area (TPSA) is 67.2 Å². The van der Waals surface area contributed by atoms with E-state index >= 15 is 0 Å². The van der Waals surface area contributed by atoms with Crippen LogP contribution < -0.4 is 5.32 Å². The molecule has 1 aromatic heterocycles. The zero-order valence-corrected chi connectivity index (χ0v) is 11.2. The van der Waals surface area contributed by atoms with Crippen LogP contribution in [0.25, 0.3) is 0 Å². The number of nitrogens with zero attached hydrogens (tertiary/aromatic N) is 2. The molecule has 102 valence electrons. The molecule has 1 amide bonds. The highest BCUT2D eigenvalue weighted by Gasteiger charge is 2.16. The molecule has 1 rings (SSSR count). The smallest absolute Gasteiger partial charge is 0.220 e. The molecule has 0 aliphatic carbocycles. The van der Waals surface area contributed by atoms with Crippen LogP contribution in [0.4, 0.5) is 0 Å². The summed E-state index contributed by atoms with van der Waals surface area (Å²) in [6.45, 7) is 4.83. The molecule has 0 aliphatic heterocycles. The molecule has 2 N–H and O–H groups in total. The van der Waals surface area contributed by atoms with E-state index < -0.39 is 0 Å². The maximum atomic E-state index is 11.7. The number of aliphatic hydroxyl groups excluding tert-OH is 1. The van der Waals surface area contributed by atoms with Crippen molar-refractivity contribution in [3.8, 4) is 0 Å². The first-order valence-corrected chi connectivity index (χ1v) is 6.55. The molecule has 2 atom stereocenters. The lowest BCUT2D eigenvalue weighted by Crippen LogP contribution is -2.41. The van der Waals surface area contributed by atoms with Crippen molar-refractivity contribution >= 4 is 5.91 Å². The highest BCUT2D eigenvalue weighted by atomic mass is 16.3. The summed E-state index contributed by atoms with van der Waals surface area (Å²) in [5, 5.41) is 16.2. The molecule has 1 heterocycles. The number of carbonyl (C=O) groups excluding carboxylic acids is 1. The van der Waals surface area contributed by atoms with Gasteiger partial charge in [-0.15, -0.1) is 0 Å². The van der Waals surface area contributed by atoms with E-state index in [0.29, 0.717) is 12.3 Å². The Morgan fingerprint density at radius 3 is 2.89 bits per heavy atom. The number of aryl methyl sites for hydroxylation is 1. The zero-order valence-electron chi connectivity index (χ0n) is 11.2. The monoisotopic (exact) mass is 253 g/mol. The molecule has 5 heteroatoms.